The molecule has 74 valence electrons. The molecule has 0 saturated heterocycles. The van der Waals surface area contributed by atoms with E-state index < -0.39 is 0 Å². The molecule has 0 bridgehead atoms. The van der Waals surface area contributed by atoms with Crippen molar-refractivity contribution < 1.29 is 4.74 Å². The van der Waals surface area contributed by atoms with Gasteiger partial charge in [0.1, 0.15) is 5.69 Å². The average Bonchev–Trinajstić information content (AvgIpc) is 2.31. The summed E-state index contributed by atoms with van der Waals surface area (Å²) >= 11 is 0. The van der Waals surface area contributed by atoms with Gasteiger partial charge in [-0.25, -0.2) is 0 Å². The van der Waals surface area contributed by atoms with Crippen LogP contribution in [-0.2, 0) is 0 Å². The normalized spacial score (nSPS) is 11.3. The second kappa shape index (κ2) is 4.37. The van der Waals surface area contributed by atoms with Crippen LogP contribution in [0.4, 0.5) is 5.69 Å². The van der Waals surface area contributed by atoms with Gasteiger partial charge in [0.25, 0.3) is 0 Å². The Labute approximate surface area is 87.9 Å². The Bertz CT molecular complexity index is 452. The van der Waals surface area contributed by atoms with Crippen molar-refractivity contribution in [2.75, 3.05) is 0 Å². The maximum Gasteiger partial charge on any atom is 0.216 e. The number of hydrogen-bond donors (Lipinski definition) is 0. The molecule has 0 amide bonds. The Morgan fingerprint density at radius 2 is 1.73 bits per heavy atom. The molecule has 0 saturated carbocycles. The highest BCUT2D eigenvalue weighted by Gasteiger charge is 1.99. The Balaban J connectivity index is 2.29. The zero-order valence-electron chi connectivity index (χ0n) is 8.08. The van der Waals surface area contributed by atoms with Gasteiger partial charge in [-0.2, -0.15) is 4.74 Å². The van der Waals surface area contributed by atoms with Gasteiger partial charge in [-0.15, -0.1) is 0 Å². The molecule has 3 nitrogen and oxygen atoms in total. The van der Waals surface area contributed by atoms with Crippen LogP contribution in [-0.4, -0.2) is 15.9 Å². The molecule has 0 unspecified atom stereocenters. The van der Waals surface area contributed by atoms with E-state index in [-0.39, 0.29) is 0 Å². The monoisotopic (exact) mass is 198 g/mol. The summed E-state index contributed by atoms with van der Waals surface area (Å²) in [6.45, 7) is 0. The number of rotatable bonds is 2. The Morgan fingerprint density at radius 3 is 2.40 bits per heavy atom. The van der Waals surface area contributed by atoms with Gasteiger partial charge in [0.05, 0.1) is 0 Å². The van der Waals surface area contributed by atoms with Crippen LogP contribution in [0.5, 0.6) is 0 Å². The number of hydrogen-bond acceptors (Lipinski definition) is 2. The van der Waals surface area contributed by atoms with Crippen LogP contribution in [0.2, 0.25) is 0 Å². The van der Waals surface area contributed by atoms with E-state index in [9.17, 15) is 5.21 Å². The van der Waals surface area contributed by atoms with Crippen molar-refractivity contribution >= 4 is 11.9 Å². The zero-order valence-corrected chi connectivity index (χ0v) is 8.08. The maximum absolute atomic E-state index is 11.6. The second-order valence-corrected chi connectivity index (χ2v) is 3.05. The molecule has 0 N–H and O–H groups in total. The van der Waals surface area contributed by atoms with Gasteiger partial charge in [0.15, 0.2) is 0 Å². The lowest BCUT2D eigenvalue weighted by atomic mass is 10.3. The summed E-state index contributed by atoms with van der Waals surface area (Å²) in [4.78, 5) is 4.05. The molecule has 0 atom stereocenters. The van der Waals surface area contributed by atoms with E-state index in [2.05, 4.69) is 4.98 Å². The molecule has 0 aliphatic carbocycles. The molecule has 15 heavy (non-hydrogen) atoms. The summed E-state index contributed by atoms with van der Waals surface area (Å²) in [5.41, 5.74) is 1.25. The predicted molar refractivity (Wildman–Crippen MR) is 59.1 cm³/mol. The third-order valence-electron chi connectivity index (χ3n) is 1.95. The van der Waals surface area contributed by atoms with E-state index in [1.165, 1.54) is 6.21 Å². The summed E-state index contributed by atoms with van der Waals surface area (Å²) in [5, 5.41) is 11.6. The lowest BCUT2D eigenvalue weighted by molar-refractivity contribution is -0.354. The van der Waals surface area contributed by atoms with Gasteiger partial charge in [-0.1, -0.05) is 24.3 Å². The second-order valence-electron chi connectivity index (χ2n) is 3.05. The molecule has 0 aliphatic rings. The van der Waals surface area contributed by atoms with Gasteiger partial charge in [-0.3, -0.25) is 4.98 Å². The van der Waals surface area contributed by atoms with E-state index >= 15 is 0 Å². The molecule has 0 aliphatic heterocycles. The summed E-state index contributed by atoms with van der Waals surface area (Å²) in [6, 6.07) is 14.5. The third kappa shape index (κ3) is 2.40. The first kappa shape index (κ1) is 9.40. The molecule has 1 aromatic carbocycles. The molecular weight excluding hydrogens is 188 g/mol. The minimum absolute atomic E-state index is 0.600. The molecule has 0 radical (unpaired) electrons. The highest BCUT2D eigenvalue weighted by Crippen LogP contribution is 2.08. The van der Waals surface area contributed by atoms with E-state index in [1.54, 1.807) is 24.4 Å². The summed E-state index contributed by atoms with van der Waals surface area (Å²) in [5.74, 6) is 0. The molecule has 1 heterocycles. The molecule has 0 fully saturated rings. The summed E-state index contributed by atoms with van der Waals surface area (Å²) < 4.78 is 0.808. The van der Waals surface area contributed by atoms with Crippen molar-refractivity contribution in [1.29, 1.82) is 0 Å². The van der Waals surface area contributed by atoms with Gasteiger partial charge in [0, 0.05) is 18.3 Å². The molecular formula is C12H10N2O. The van der Waals surface area contributed by atoms with E-state index in [0.29, 0.717) is 11.4 Å². The van der Waals surface area contributed by atoms with Crippen molar-refractivity contribution in [3.05, 3.63) is 65.6 Å². The summed E-state index contributed by atoms with van der Waals surface area (Å²) in [7, 11) is 0. The zero-order chi connectivity index (χ0) is 10.5. The van der Waals surface area contributed by atoms with Crippen molar-refractivity contribution in [3.63, 3.8) is 0 Å². The van der Waals surface area contributed by atoms with Gasteiger partial charge in [-0.05, 0) is 12.1 Å². The van der Waals surface area contributed by atoms with Gasteiger partial charge >= 0.3 is 0 Å². The lowest BCUT2D eigenvalue weighted by Gasteiger charge is -2.01. The Morgan fingerprint density at radius 1 is 1.00 bits per heavy atom. The SMILES string of the molecule is [O-][N+](=Cc1ccccn1)c1ccccc1. The molecule has 1 aromatic heterocycles. The van der Waals surface area contributed by atoms with E-state index in [1.807, 2.05) is 30.3 Å². The fourth-order valence-electron chi connectivity index (χ4n) is 1.22. The van der Waals surface area contributed by atoms with Crippen molar-refractivity contribution in [3.8, 4) is 0 Å². The van der Waals surface area contributed by atoms with Crippen LogP contribution < -0.4 is 0 Å². The van der Waals surface area contributed by atoms with Crippen LogP contribution in [0, 0.1) is 5.21 Å². The van der Waals surface area contributed by atoms with Gasteiger partial charge < -0.3 is 5.21 Å². The molecule has 0 spiro atoms. The van der Waals surface area contributed by atoms with Gasteiger partial charge in [0.2, 0.25) is 11.9 Å². The van der Waals surface area contributed by atoms with E-state index in [0.717, 1.165) is 4.74 Å². The van der Waals surface area contributed by atoms with Crippen molar-refractivity contribution in [1.82, 2.24) is 4.98 Å². The van der Waals surface area contributed by atoms with Crippen molar-refractivity contribution in [2.24, 2.45) is 0 Å². The fraction of sp³-hybridized carbons (Fsp3) is 0. The standard InChI is InChI=1S/C12H10N2O/c15-14(12-7-2-1-3-8-12)10-11-6-4-5-9-13-11/h1-10H. The predicted octanol–water partition coefficient (Wildman–Crippen LogP) is 2.34. The first-order valence-corrected chi connectivity index (χ1v) is 4.63. The number of benzene rings is 1. The van der Waals surface area contributed by atoms with E-state index in [4.69, 9.17) is 0 Å². The van der Waals surface area contributed by atoms with Crippen LogP contribution in [0.25, 0.3) is 0 Å². The quantitative estimate of drug-likeness (QED) is 0.321. The molecule has 3 heteroatoms. The third-order valence-corrected chi connectivity index (χ3v) is 1.95. The molecule has 2 rings (SSSR count). The highest BCUT2D eigenvalue weighted by molar-refractivity contribution is 5.73. The summed E-state index contributed by atoms with van der Waals surface area (Å²) in [6.07, 6.45) is 3.11. The minimum atomic E-state index is 0.600. The first-order valence-electron chi connectivity index (χ1n) is 4.63. The molecule has 2 aromatic rings. The number of para-hydroxylation sites is 1. The fourth-order valence-corrected chi connectivity index (χ4v) is 1.22. The van der Waals surface area contributed by atoms with Crippen LogP contribution >= 0.6 is 0 Å². The number of pyridine rings is 1. The minimum Gasteiger partial charge on any atom is -0.618 e. The topological polar surface area (TPSA) is 39.0 Å². The number of nitrogens with zero attached hydrogens (tertiary/aromatic N) is 2. The largest absolute Gasteiger partial charge is 0.618 e. The van der Waals surface area contributed by atoms with Crippen LogP contribution in [0.3, 0.4) is 0 Å². The lowest BCUT2D eigenvalue weighted by Crippen LogP contribution is -1.99. The number of aromatic nitrogens is 1. The van der Waals surface area contributed by atoms with Crippen molar-refractivity contribution in [2.45, 2.75) is 0 Å². The smallest absolute Gasteiger partial charge is 0.216 e. The average molecular weight is 198 g/mol. The Kier molecular flexibility index (Phi) is 2.74. The Hall–Kier alpha value is -2.16. The highest BCUT2D eigenvalue weighted by atomic mass is 16.5. The van der Waals surface area contributed by atoms with Crippen LogP contribution in [0.15, 0.2) is 54.7 Å². The maximum atomic E-state index is 11.6. The van der Waals surface area contributed by atoms with Crippen LogP contribution in [0.1, 0.15) is 5.69 Å². The first-order chi connectivity index (χ1) is 7.36.